The van der Waals surface area contributed by atoms with Crippen LogP contribution < -0.4 is 0 Å². The number of carbonyl (C=O) groups is 1. The molecule has 0 aliphatic heterocycles. The average Bonchev–Trinajstić information content (AvgIpc) is 2.54. The van der Waals surface area contributed by atoms with Crippen molar-refractivity contribution in [3.8, 4) is 0 Å². The molecule has 2 heteroatoms. The fourth-order valence-corrected chi connectivity index (χ4v) is 3.20. The molecule has 0 fully saturated rings. The number of carbonyl (C=O) groups excluding carboxylic acids is 1. The lowest BCUT2D eigenvalue weighted by Gasteiger charge is -2.07. The first-order valence-electron chi connectivity index (χ1n) is 7.00. The molecule has 0 aliphatic rings. The Morgan fingerprint density at radius 2 is 1.57 bits per heavy atom. The Morgan fingerprint density at radius 3 is 2.38 bits per heavy atom. The van der Waals surface area contributed by atoms with Gasteiger partial charge in [0, 0.05) is 16.5 Å². The lowest BCUT2D eigenvalue weighted by molar-refractivity contribution is 0.0982. The number of fused-ring (bicyclic) bond motifs is 1. The third-order valence-corrected chi connectivity index (χ3v) is 4.50. The van der Waals surface area contributed by atoms with Crippen molar-refractivity contribution in [1.82, 2.24) is 0 Å². The lowest BCUT2D eigenvalue weighted by atomic mass is 10.00. The van der Waals surface area contributed by atoms with E-state index in [4.69, 9.17) is 0 Å². The zero-order valence-electron chi connectivity index (χ0n) is 11.6. The standard InChI is InChI=1S/C19H15BrO/c20-19-16-9-5-4-8-15(16)11-12-17(19)18(21)13-10-14-6-2-1-3-7-14/h1-9,11-12H,10,13H2. The molecule has 0 radical (unpaired) electrons. The van der Waals surface area contributed by atoms with Crippen LogP contribution in [0.1, 0.15) is 22.3 Å². The monoisotopic (exact) mass is 338 g/mol. The predicted molar refractivity (Wildman–Crippen MR) is 90.7 cm³/mol. The number of hydrogen-bond acceptors (Lipinski definition) is 1. The molecule has 0 bridgehead atoms. The van der Waals surface area contributed by atoms with Gasteiger partial charge >= 0.3 is 0 Å². The molecule has 0 spiro atoms. The molecule has 0 unspecified atom stereocenters. The molecule has 0 N–H and O–H groups in total. The first-order chi connectivity index (χ1) is 10.3. The van der Waals surface area contributed by atoms with Crippen LogP contribution in [0, 0.1) is 0 Å². The highest BCUT2D eigenvalue weighted by Gasteiger charge is 2.12. The molecule has 21 heavy (non-hydrogen) atoms. The van der Waals surface area contributed by atoms with E-state index >= 15 is 0 Å². The van der Waals surface area contributed by atoms with Gasteiger partial charge in [-0.15, -0.1) is 0 Å². The highest BCUT2D eigenvalue weighted by molar-refractivity contribution is 9.10. The Bertz CT molecular complexity index is 778. The lowest BCUT2D eigenvalue weighted by Crippen LogP contribution is -2.02. The highest BCUT2D eigenvalue weighted by atomic mass is 79.9. The fraction of sp³-hybridized carbons (Fsp3) is 0.105. The average molecular weight is 339 g/mol. The van der Waals surface area contributed by atoms with Crippen LogP contribution in [0.25, 0.3) is 10.8 Å². The van der Waals surface area contributed by atoms with Crippen LogP contribution in [0.4, 0.5) is 0 Å². The van der Waals surface area contributed by atoms with Gasteiger partial charge in [-0.2, -0.15) is 0 Å². The third kappa shape index (κ3) is 3.06. The van der Waals surface area contributed by atoms with Crippen LogP contribution in [0.5, 0.6) is 0 Å². The second-order valence-electron chi connectivity index (χ2n) is 5.06. The molecule has 0 heterocycles. The van der Waals surface area contributed by atoms with Gasteiger partial charge in [-0.3, -0.25) is 4.79 Å². The maximum Gasteiger partial charge on any atom is 0.164 e. The Morgan fingerprint density at radius 1 is 0.857 bits per heavy atom. The quantitative estimate of drug-likeness (QED) is 0.580. The molecule has 3 rings (SSSR count). The van der Waals surface area contributed by atoms with Crippen LogP contribution in [0.2, 0.25) is 0 Å². The van der Waals surface area contributed by atoms with Crippen molar-refractivity contribution in [2.45, 2.75) is 12.8 Å². The number of rotatable bonds is 4. The number of halogens is 1. The normalized spacial score (nSPS) is 10.7. The van der Waals surface area contributed by atoms with Gasteiger partial charge in [0.25, 0.3) is 0 Å². The summed E-state index contributed by atoms with van der Waals surface area (Å²) in [5.74, 6) is 0.177. The molecule has 0 amide bonds. The number of Topliss-reactive ketones (excluding diaryl/α,β-unsaturated/α-hetero) is 1. The van der Waals surface area contributed by atoms with Gasteiger partial charge in [-0.25, -0.2) is 0 Å². The van der Waals surface area contributed by atoms with E-state index in [1.807, 2.05) is 48.5 Å². The first kappa shape index (κ1) is 14.0. The maximum absolute atomic E-state index is 12.5. The van der Waals surface area contributed by atoms with Gasteiger partial charge in [0.2, 0.25) is 0 Å². The highest BCUT2D eigenvalue weighted by Crippen LogP contribution is 2.28. The summed E-state index contributed by atoms with van der Waals surface area (Å²) in [6.45, 7) is 0. The predicted octanol–water partition coefficient (Wildman–Crippen LogP) is 5.42. The molecular weight excluding hydrogens is 324 g/mol. The van der Waals surface area contributed by atoms with Crippen LogP contribution >= 0.6 is 15.9 Å². The van der Waals surface area contributed by atoms with Crippen LogP contribution in [0.3, 0.4) is 0 Å². The molecule has 104 valence electrons. The van der Waals surface area contributed by atoms with E-state index in [1.165, 1.54) is 5.56 Å². The molecule has 3 aromatic carbocycles. The Labute approximate surface area is 132 Å². The summed E-state index contributed by atoms with van der Waals surface area (Å²) in [6.07, 6.45) is 1.31. The zero-order valence-corrected chi connectivity index (χ0v) is 13.1. The fourth-order valence-electron chi connectivity index (χ4n) is 2.49. The molecule has 1 nitrogen and oxygen atoms in total. The molecule has 0 aliphatic carbocycles. The Hall–Kier alpha value is -1.93. The molecular formula is C19H15BrO. The largest absolute Gasteiger partial charge is 0.294 e. The number of hydrogen-bond donors (Lipinski definition) is 0. The summed E-state index contributed by atoms with van der Waals surface area (Å²) in [7, 11) is 0. The number of ketones is 1. The minimum absolute atomic E-state index is 0.177. The second kappa shape index (κ2) is 6.23. The van der Waals surface area contributed by atoms with Crippen molar-refractivity contribution in [2.24, 2.45) is 0 Å². The van der Waals surface area contributed by atoms with E-state index in [9.17, 15) is 4.79 Å². The first-order valence-corrected chi connectivity index (χ1v) is 7.79. The summed E-state index contributed by atoms with van der Waals surface area (Å²) in [4.78, 5) is 12.5. The Balaban J connectivity index is 1.83. The van der Waals surface area contributed by atoms with Crippen LogP contribution in [-0.2, 0) is 6.42 Å². The summed E-state index contributed by atoms with van der Waals surface area (Å²) >= 11 is 3.59. The number of aryl methyl sites for hydroxylation is 1. The summed E-state index contributed by atoms with van der Waals surface area (Å²) in [5, 5.41) is 2.23. The maximum atomic E-state index is 12.5. The van der Waals surface area contributed by atoms with E-state index < -0.39 is 0 Å². The molecule has 0 atom stereocenters. The summed E-state index contributed by atoms with van der Waals surface area (Å²) in [6, 6.07) is 22.1. The van der Waals surface area contributed by atoms with Crippen molar-refractivity contribution in [3.63, 3.8) is 0 Å². The van der Waals surface area contributed by atoms with Crippen molar-refractivity contribution >= 4 is 32.5 Å². The molecule has 0 aromatic heterocycles. The zero-order chi connectivity index (χ0) is 14.7. The van der Waals surface area contributed by atoms with Gasteiger partial charge in [0.15, 0.2) is 5.78 Å². The van der Waals surface area contributed by atoms with Crippen molar-refractivity contribution in [2.75, 3.05) is 0 Å². The SMILES string of the molecule is O=C(CCc1ccccc1)c1ccc2ccccc2c1Br. The van der Waals surface area contributed by atoms with E-state index in [1.54, 1.807) is 0 Å². The van der Waals surface area contributed by atoms with E-state index in [2.05, 4.69) is 34.1 Å². The van der Waals surface area contributed by atoms with E-state index in [0.717, 1.165) is 27.2 Å². The van der Waals surface area contributed by atoms with E-state index in [-0.39, 0.29) is 5.78 Å². The Kier molecular flexibility index (Phi) is 4.16. The summed E-state index contributed by atoms with van der Waals surface area (Å²) in [5.41, 5.74) is 1.97. The summed E-state index contributed by atoms with van der Waals surface area (Å²) < 4.78 is 0.902. The van der Waals surface area contributed by atoms with Crippen LogP contribution in [0.15, 0.2) is 71.2 Å². The van der Waals surface area contributed by atoms with Crippen molar-refractivity contribution in [3.05, 3.63) is 82.3 Å². The van der Waals surface area contributed by atoms with E-state index in [0.29, 0.717) is 6.42 Å². The molecule has 3 aromatic rings. The van der Waals surface area contributed by atoms with Gasteiger partial charge in [0.1, 0.15) is 0 Å². The van der Waals surface area contributed by atoms with Gasteiger partial charge < -0.3 is 0 Å². The number of benzene rings is 3. The van der Waals surface area contributed by atoms with Crippen LogP contribution in [-0.4, -0.2) is 5.78 Å². The van der Waals surface area contributed by atoms with Crippen molar-refractivity contribution in [1.29, 1.82) is 0 Å². The van der Waals surface area contributed by atoms with Crippen molar-refractivity contribution < 1.29 is 4.79 Å². The molecule has 0 saturated carbocycles. The minimum Gasteiger partial charge on any atom is -0.294 e. The molecule has 0 saturated heterocycles. The second-order valence-corrected chi connectivity index (χ2v) is 5.85. The third-order valence-electron chi connectivity index (χ3n) is 3.65. The smallest absolute Gasteiger partial charge is 0.164 e. The van der Waals surface area contributed by atoms with Gasteiger partial charge in [-0.05, 0) is 44.8 Å². The van der Waals surface area contributed by atoms with Gasteiger partial charge in [-0.1, -0.05) is 60.7 Å². The minimum atomic E-state index is 0.177. The topological polar surface area (TPSA) is 17.1 Å². The van der Waals surface area contributed by atoms with Gasteiger partial charge in [0.05, 0.1) is 0 Å².